The van der Waals surface area contributed by atoms with Crippen molar-refractivity contribution in [2.45, 2.75) is 0 Å². The number of aromatic nitrogens is 2. The summed E-state index contributed by atoms with van der Waals surface area (Å²) in [5.41, 5.74) is 1.48. The Kier molecular flexibility index (Phi) is 6.40. The van der Waals surface area contributed by atoms with Crippen LogP contribution in [-0.4, -0.2) is 30.3 Å². The first-order chi connectivity index (χ1) is 13.1. The molecule has 27 heavy (non-hydrogen) atoms. The average molecular weight is 389 g/mol. The lowest BCUT2D eigenvalue weighted by atomic mass is 10.3. The van der Waals surface area contributed by atoms with Crippen molar-refractivity contribution in [3.8, 4) is 5.75 Å². The van der Waals surface area contributed by atoms with Gasteiger partial charge in [0.25, 0.3) is 0 Å². The van der Waals surface area contributed by atoms with Gasteiger partial charge in [0.05, 0.1) is 11.6 Å². The molecule has 2 N–H and O–H groups in total. The van der Waals surface area contributed by atoms with E-state index in [-0.39, 0.29) is 5.02 Å². The van der Waals surface area contributed by atoms with Crippen molar-refractivity contribution in [3.63, 3.8) is 0 Å². The first-order valence-electron chi connectivity index (χ1n) is 8.17. The van der Waals surface area contributed by atoms with Crippen molar-refractivity contribution in [2.24, 2.45) is 0 Å². The van der Waals surface area contributed by atoms with Crippen LogP contribution >= 0.6 is 11.6 Å². The van der Waals surface area contributed by atoms with Crippen molar-refractivity contribution in [2.75, 3.05) is 31.0 Å². The van der Waals surface area contributed by atoms with Crippen LogP contribution in [0, 0.1) is 5.82 Å². The maximum Gasteiger partial charge on any atom is 0.141 e. The predicted octanol–water partition coefficient (Wildman–Crippen LogP) is 4.78. The molecule has 8 heteroatoms. The van der Waals surface area contributed by atoms with E-state index < -0.39 is 5.82 Å². The molecule has 0 spiro atoms. The molecule has 3 aromatic rings. The number of benzene rings is 2. The highest BCUT2D eigenvalue weighted by molar-refractivity contribution is 6.31. The summed E-state index contributed by atoms with van der Waals surface area (Å²) in [6, 6.07) is 13.6. The molecule has 0 fully saturated rings. The molecule has 0 radical (unpaired) electrons. The lowest BCUT2D eigenvalue weighted by molar-refractivity contribution is 0.146. The SMILES string of the molecule is COCCOc1ccc(Nc2cc(Nc3ccc(F)c(Cl)c3)ncn2)cc1. The minimum atomic E-state index is -0.470. The number of hydrogen-bond donors (Lipinski definition) is 2. The lowest BCUT2D eigenvalue weighted by Crippen LogP contribution is -2.04. The van der Waals surface area contributed by atoms with Gasteiger partial charge in [-0.25, -0.2) is 14.4 Å². The predicted molar refractivity (Wildman–Crippen MR) is 104 cm³/mol. The highest BCUT2D eigenvalue weighted by Crippen LogP contribution is 2.24. The minimum absolute atomic E-state index is 0.0419. The second-order valence-electron chi connectivity index (χ2n) is 5.53. The van der Waals surface area contributed by atoms with Crippen molar-refractivity contribution in [1.82, 2.24) is 9.97 Å². The van der Waals surface area contributed by atoms with Crippen LogP contribution in [0.3, 0.4) is 0 Å². The summed E-state index contributed by atoms with van der Waals surface area (Å²) in [7, 11) is 1.63. The maximum atomic E-state index is 13.2. The van der Waals surface area contributed by atoms with Crippen molar-refractivity contribution < 1.29 is 13.9 Å². The third-order valence-corrected chi connectivity index (χ3v) is 3.83. The van der Waals surface area contributed by atoms with Crippen LogP contribution in [-0.2, 0) is 4.74 Å². The summed E-state index contributed by atoms with van der Waals surface area (Å²) in [5, 5.41) is 6.29. The number of nitrogens with zero attached hydrogens (tertiary/aromatic N) is 2. The van der Waals surface area contributed by atoms with Gasteiger partial charge in [0.2, 0.25) is 0 Å². The number of hydrogen-bond acceptors (Lipinski definition) is 6. The molecule has 2 aromatic carbocycles. The smallest absolute Gasteiger partial charge is 0.141 e. The molecule has 0 atom stereocenters. The number of ether oxygens (including phenoxy) is 2. The van der Waals surface area contributed by atoms with Crippen LogP contribution in [0.2, 0.25) is 5.02 Å². The van der Waals surface area contributed by atoms with Crippen LogP contribution in [0.15, 0.2) is 54.9 Å². The van der Waals surface area contributed by atoms with E-state index >= 15 is 0 Å². The molecule has 0 amide bonds. The number of anilines is 4. The van der Waals surface area contributed by atoms with Crippen LogP contribution in [0.5, 0.6) is 5.75 Å². The van der Waals surface area contributed by atoms with E-state index in [0.717, 1.165) is 11.4 Å². The topological polar surface area (TPSA) is 68.3 Å². The first-order valence-corrected chi connectivity index (χ1v) is 8.55. The first kappa shape index (κ1) is 18.9. The Morgan fingerprint density at radius 3 is 2.26 bits per heavy atom. The fraction of sp³-hybridized carbons (Fsp3) is 0.158. The molecule has 0 aliphatic carbocycles. The Bertz CT molecular complexity index is 893. The molecule has 0 unspecified atom stereocenters. The lowest BCUT2D eigenvalue weighted by Gasteiger charge is -2.10. The van der Waals surface area contributed by atoms with Crippen LogP contribution in [0.4, 0.5) is 27.4 Å². The monoisotopic (exact) mass is 388 g/mol. The second kappa shape index (κ2) is 9.16. The Morgan fingerprint density at radius 2 is 1.59 bits per heavy atom. The van der Waals surface area contributed by atoms with Crippen LogP contribution in [0.25, 0.3) is 0 Å². The van der Waals surface area contributed by atoms with Gasteiger partial charge in [0, 0.05) is 24.6 Å². The molecule has 0 aliphatic rings. The van der Waals surface area contributed by atoms with Gasteiger partial charge >= 0.3 is 0 Å². The van der Waals surface area contributed by atoms with E-state index in [0.29, 0.717) is 30.5 Å². The highest BCUT2D eigenvalue weighted by atomic mass is 35.5. The molecule has 6 nitrogen and oxygen atoms in total. The fourth-order valence-corrected chi connectivity index (χ4v) is 2.42. The van der Waals surface area contributed by atoms with Gasteiger partial charge in [-0.05, 0) is 42.5 Å². The average Bonchev–Trinajstić information content (AvgIpc) is 2.67. The zero-order valence-corrected chi connectivity index (χ0v) is 15.3. The van der Waals surface area contributed by atoms with Gasteiger partial charge in [-0.1, -0.05) is 11.6 Å². The molecule has 3 rings (SSSR count). The maximum absolute atomic E-state index is 13.2. The van der Waals surface area contributed by atoms with Gasteiger partial charge < -0.3 is 20.1 Å². The van der Waals surface area contributed by atoms with Gasteiger partial charge in [-0.2, -0.15) is 0 Å². The molecule has 1 heterocycles. The number of rotatable bonds is 8. The molecule has 1 aromatic heterocycles. The normalized spacial score (nSPS) is 10.5. The Balaban J connectivity index is 1.64. The highest BCUT2D eigenvalue weighted by Gasteiger charge is 2.04. The van der Waals surface area contributed by atoms with Crippen LogP contribution in [0.1, 0.15) is 0 Å². The van der Waals surface area contributed by atoms with Crippen LogP contribution < -0.4 is 15.4 Å². The van der Waals surface area contributed by atoms with Gasteiger partial charge in [-0.3, -0.25) is 0 Å². The van der Waals surface area contributed by atoms with E-state index in [1.54, 1.807) is 19.2 Å². The number of halogens is 2. The summed E-state index contributed by atoms with van der Waals surface area (Å²) in [6.45, 7) is 1.04. The molecule has 0 saturated heterocycles. The molecule has 0 bridgehead atoms. The van der Waals surface area contributed by atoms with E-state index in [9.17, 15) is 4.39 Å². The fourth-order valence-electron chi connectivity index (χ4n) is 2.24. The third kappa shape index (κ3) is 5.54. The number of methoxy groups -OCH3 is 1. The molecular weight excluding hydrogens is 371 g/mol. The Morgan fingerprint density at radius 1 is 0.926 bits per heavy atom. The summed E-state index contributed by atoms with van der Waals surface area (Å²) >= 11 is 5.79. The second-order valence-corrected chi connectivity index (χ2v) is 5.94. The van der Waals surface area contributed by atoms with Crippen molar-refractivity contribution in [1.29, 1.82) is 0 Å². The Hall–Kier alpha value is -2.90. The van der Waals surface area contributed by atoms with Crippen molar-refractivity contribution in [3.05, 3.63) is 65.7 Å². The summed E-state index contributed by atoms with van der Waals surface area (Å²) in [5.74, 6) is 1.45. The van der Waals surface area contributed by atoms with Gasteiger partial charge in [-0.15, -0.1) is 0 Å². The summed E-state index contributed by atoms with van der Waals surface area (Å²) in [4.78, 5) is 8.35. The van der Waals surface area contributed by atoms with Gasteiger partial charge in [0.15, 0.2) is 0 Å². The summed E-state index contributed by atoms with van der Waals surface area (Å²) < 4.78 is 23.7. The molecular formula is C19H18ClFN4O2. The summed E-state index contributed by atoms with van der Waals surface area (Å²) in [6.07, 6.45) is 1.43. The van der Waals surface area contributed by atoms with E-state index in [1.165, 1.54) is 18.5 Å². The Labute approximate surface area is 161 Å². The standard InChI is InChI=1S/C19H18ClFN4O2/c1-26-8-9-27-15-5-2-13(3-6-15)24-18-11-19(23-12-22-18)25-14-4-7-17(21)16(20)10-14/h2-7,10-12H,8-9H2,1H3,(H2,22,23,24,25). The van der Waals surface area contributed by atoms with Gasteiger partial charge in [0.1, 0.15) is 36.1 Å². The zero-order valence-electron chi connectivity index (χ0n) is 14.6. The molecule has 0 aliphatic heterocycles. The number of nitrogens with one attached hydrogen (secondary N) is 2. The minimum Gasteiger partial charge on any atom is -0.491 e. The molecule has 0 saturated carbocycles. The molecule has 140 valence electrons. The quantitative estimate of drug-likeness (QED) is 0.541. The zero-order chi connectivity index (χ0) is 19.1. The van der Waals surface area contributed by atoms with E-state index in [4.69, 9.17) is 21.1 Å². The van der Waals surface area contributed by atoms with Crippen molar-refractivity contribution >= 4 is 34.6 Å². The largest absolute Gasteiger partial charge is 0.491 e. The third-order valence-electron chi connectivity index (χ3n) is 3.54. The van der Waals surface area contributed by atoms with E-state index in [2.05, 4.69) is 20.6 Å². The van der Waals surface area contributed by atoms with E-state index in [1.807, 2.05) is 24.3 Å².